The minimum absolute atomic E-state index is 0.163. The van der Waals surface area contributed by atoms with Gasteiger partial charge in [0.15, 0.2) is 0 Å². The van der Waals surface area contributed by atoms with Gasteiger partial charge in [0.2, 0.25) is 0 Å². The van der Waals surface area contributed by atoms with Gasteiger partial charge in [-0.3, -0.25) is 9.74 Å². The van der Waals surface area contributed by atoms with E-state index in [1.165, 1.54) is 5.06 Å². The Morgan fingerprint density at radius 2 is 2.00 bits per heavy atom. The highest BCUT2D eigenvalue weighted by atomic mass is 35.5. The molecule has 0 radical (unpaired) electrons. The molecule has 0 aromatic heterocycles. The van der Waals surface area contributed by atoms with Crippen LogP contribution in [0.1, 0.15) is 0 Å². The largest absolute Gasteiger partial charge is 0.348 e. The molecule has 1 aromatic carbocycles. The molecule has 0 saturated carbocycles. The van der Waals surface area contributed by atoms with E-state index in [1.54, 1.807) is 24.1 Å². The van der Waals surface area contributed by atoms with Gasteiger partial charge in [0.25, 0.3) is 0 Å². The molecular weight excluding hydrogens is 216 g/mol. The molecule has 5 heteroatoms. The molecule has 1 aliphatic rings. The number of urea groups is 1. The number of hydrogen-bond acceptors (Lipinski definition) is 2. The Morgan fingerprint density at radius 1 is 1.33 bits per heavy atom. The number of hydroxylamine groups is 2. The number of hydrogen-bond donors (Lipinski definition) is 0. The summed E-state index contributed by atoms with van der Waals surface area (Å²) in [4.78, 5) is 18.4. The fourth-order valence-electron chi connectivity index (χ4n) is 1.45. The number of carbonyl (C=O) groups excluding carboxylic acids is 1. The quantitative estimate of drug-likeness (QED) is 0.735. The van der Waals surface area contributed by atoms with Gasteiger partial charge >= 0.3 is 6.03 Å². The lowest BCUT2D eigenvalue weighted by molar-refractivity contribution is -0.105. The molecule has 1 fully saturated rings. The number of rotatable bonds is 1. The van der Waals surface area contributed by atoms with Crippen molar-refractivity contribution in [1.29, 1.82) is 0 Å². The van der Waals surface area contributed by atoms with Crippen LogP contribution in [0.25, 0.3) is 0 Å². The van der Waals surface area contributed by atoms with Crippen LogP contribution in [-0.2, 0) is 4.84 Å². The van der Waals surface area contributed by atoms with Gasteiger partial charge in [0.1, 0.15) is 0 Å². The molecular formula is C10H11ClN2O2. The standard InChI is InChI=1S/C10H11ClN2O2/c1-12-10(14)13(6-7-15-12)9-4-2-8(11)3-5-9/h2-5H,6-7H2,1H3. The minimum atomic E-state index is -0.163. The molecule has 15 heavy (non-hydrogen) atoms. The molecule has 1 saturated heterocycles. The van der Waals surface area contributed by atoms with Gasteiger partial charge in [0.05, 0.1) is 13.2 Å². The fourth-order valence-corrected chi connectivity index (χ4v) is 1.58. The van der Waals surface area contributed by atoms with E-state index >= 15 is 0 Å². The van der Waals surface area contributed by atoms with Crippen molar-refractivity contribution in [3.05, 3.63) is 29.3 Å². The zero-order valence-electron chi connectivity index (χ0n) is 8.31. The molecule has 1 heterocycles. The molecule has 0 N–H and O–H groups in total. The number of benzene rings is 1. The summed E-state index contributed by atoms with van der Waals surface area (Å²) in [6, 6.07) is 7.00. The SMILES string of the molecule is CN1OCCN(c2ccc(Cl)cc2)C1=O. The second-order valence-electron chi connectivity index (χ2n) is 3.24. The summed E-state index contributed by atoms with van der Waals surface area (Å²) in [5.74, 6) is 0. The predicted molar refractivity (Wildman–Crippen MR) is 57.9 cm³/mol. The van der Waals surface area contributed by atoms with Gasteiger partial charge in [-0.2, -0.15) is 0 Å². The molecule has 80 valence electrons. The van der Waals surface area contributed by atoms with Crippen LogP contribution in [0, 0.1) is 0 Å². The fraction of sp³-hybridized carbons (Fsp3) is 0.300. The van der Waals surface area contributed by atoms with Gasteiger partial charge < -0.3 is 0 Å². The van der Waals surface area contributed by atoms with Crippen LogP contribution in [-0.4, -0.2) is 31.3 Å². The molecule has 4 nitrogen and oxygen atoms in total. The van der Waals surface area contributed by atoms with Gasteiger partial charge in [-0.25, -0.2) is 9.86 Å². The van der Waals surface area contributed by atoms with Crippen LogP contribution in [0.3, 0.4) is 0 Å². The molecule has 0 unspecified atom stereocenters. The lowest BCUT2D eigenvalue weighted by Gasteiger charge is -2.32. The van der Waals surface area contributed by atoms with Crippen molar-refractivity contribution >= 4 is 23.3 Å². The van der Waals surface area contributed by atoms with Crippen molar-refractivity contribution in [3.63, 3.8) is 0 Å². The van der Waals surface area contributed by atoms with Crippen molar-refractivity contribution in [2.75, 3.05) is 25.1 Å². The Bertz CT molecular complexity index is 366. The summed E-state index contributed by atoms with van der Waals surface area (Å²) < 4.78 is 0. The second kappa shape index (κ2) is 4.08. The minimum Gasteiger partial charge on any atom is -0.290 e. The third kappa shape index (κ3) is 2.06. The van der Waals surface area contributed by atoms with Crippen molar-refractivity contribution in [1.82, 2.24) is 5.06 Å². The third-order valence-electron chi connectivity index (χ3n) is 2.24. The van der Waals surface area contributed by atoms with Crippen molar-refractivity contribution < 1.29 is 9.63 Å². The van der Waals surface area contributed by atoms with E-state index in [4.69, 9.17) is 16.4 Å². The number of anilines is 1. The van der Waals surface area contributed by atoms with E-state index in [0.29, 0.717) is 18.2 Å². The normalized spacial score (nSPS) is 17.1. The highest BCUT2D eigenvalue weighted by molar-refractivity contribution is 6.30. The Morgan fingerprint density at radius 3 is 2.67 bits per heavy atom. The molecule has 1 aromatic rings. The summed E-state index contributed by atoms with van der Waals surface area (Å²) in [6.45, 7) is 1.07. The number of halogens is 1. The van der Waals surface area contributed by atoms with E-state index < -0.39 is 0 Å². The summed E-state index contributed by atoms with van der Waals surface area (Å²) in [5.41, 5.74) is 0.833. The maximum atomic E-state index is 11.7. The average molecular weight is 227 g/mol. The Hall–Kier alpha value is -1.26. The van der Waals surface area contributed by atoms with Gasteiger partial charge in [-0.1, -0.05) is 11.6 Å². The lowest BCUT2D eigenvalue weighted by atomic mass is 10.3. The van der Waals surface area contributed by atoms with E-state index in [-0.39, 0.29) is 6.03 Å². The molecule has 0 bridgehead atoms. The van der Waals surface area contributed by atoms with Crippen molar-refractivity contribution in [2.24, 2.45) is 0 Å². The van der Waals surface area contributed by atoms with Crippen LogP contribution in [0.5, 0.6) is 0 Å². The maximum Gasteiger partial charge on any atom is 0.348 e. The van der Waals surface area contributed by atoms with Crippen LogP contribution < -0.4 is 4.90 Å². The van der Waals surface area contributed by atoms with Crippen LogP contribution in [0.4, 0.5) is 10.5 Å². The van der Waals surface area contributed by atoms with Gasteiger partial charge in [-0.15, -0.1) is 0 Å². The zero-order valence-corrected chi connectivity index (χ0v) is 9.07. The summed E-state index contributed by atoms with van der Waals surface area (Å²) >= 11 is 5.78. The topological polar surface area (TPSA) is 32.8 Å². The summed E-state index contributed by atoms with van der Waals surface area (Å²) in [5, 5.41) is 1.89. The first-order valence-electron chi connectivity index (χ1n) is 4.62. The van der Waals surface area contributed by atoms with Crippen molar-refractivity contribution in [3.8, 4) is 0 Å². The number of nitrogens with zero attached hydrogens (tertiary/aromatic N) is 2. The predicted octanol–water partition coefficient (Wildman–Crippen LogP) is 2.14. The maximum absolute atomic E-state index is 11.7. The molecule has 0 atom stereocenters. The summed E-state index contributed by atoms with van der Waals surface area (Å²) in [6.07, 6.45) is 0. The first-order valence-corrected chi connectivity index (χ1v) is 5.00. The van der Waals surface area contributed by atoms with E-state index in [9.17, 15) is 4.79 Å². The number of amides is 2. The Kier molecular flexibility index (Phi) is 2.79. The first-order chi connectivity index (χ1) is 7.18. The second-order valence-corrected chi connectivity index (χ2v) is 3.68. The van der Waals surface area contributed by atoms with E-state index in [0.717, 1.165) is 5.69 Å². The molecule has 0 spiro atoms. The Labute approximate surface area is 92.9 Å². The highest BCUT2D eigenvalue weighted by Gasteiger charge is 2.24. The third-order valence-corrected chi connectivity index (χ3v) is 2.49. The average Bonchev–Trinajstić information content (AvgIpc) is 2.24. The van der Waals surface area contributed by atoms with Crippen LogP contribution >= 0.6 is 11.6 Å². The van der Waals surface area contributed by atoms with E-state index in [2.05, 4.69) is 0 Å². The van der Waals surface area contributed by atoms with Crippen molar-refractivity contribution in [2.45, 2.75) is 0 Å². The molecule has 2 rings (SSSR count). The number of carbonyl (C=O) groups is 1. The van der Waals surface area contributed by atoms with Crippen LogP contribution in [0.2, 0.25) is 5.02 Å². The van der Waals surface area contributed by atoms with Gasteiger partial charge in [0, 0.05) is 17.8 Å². The zero-order chi connectivity index (χ0) is 10.8. The smallest absolute Gasteiger partial charge is 0.290 e. The van der Waals surface area contributed by atoms with Crippen LogP contribution in [0.15, 0.2) is 24.3 Å². The monoisotopic (exact) mass is 226 g/mol. The molecule has 2 amide bonds. The molecule has 1 aliphatic heterocycles. The summed E-state index contributed by atoms with van der Waals surface area (Å²) in [7, 11) is 1.60. The Balaban J connectivity index is 2.22. The highest BCUT2D eigenvalue weighted by Crippen LogP contribution is 2.20. The first kappa shape index (κ1) is 10.3. The molecule has 0 aliphatic carbocycles. The lowest BCUT2D eigenvalue weighted by Crippen LogP contribution is -2.48. The van der Waals surface area contributed by atoms with E-state index in [1.807, 2.05) is 12.1 Å². The van der Waals surface area contributed by atoms with Gasteiger partial charge in [-0.05, 0) is 24.3 Å².